The van der Waals surface area contributed by atoms with Crippen LogP contribution in [0.3, 0.4) is 0 Å². The molecule has 2 amide bonds. The molecule has 1 heterocycles. The van der Waals surface area contributed by atoms with E-state index in [1.54, 1.807) is 12.1 Å². The van der Waals surface area contributed by atoms with Gasteiger partial charge in [0, 0.05) is 22.5 Å². The molecule has 0 aliphatic heterocycles. The molecule has 0 bridgehead atoms. The zero-order valence-electron chi connectivity index (χ0n) is 15.2. The topological polar surface area (TPSA) is 80.0 Å². The fourth-order valence-electron chi connectivity index (χ4n) is 2.78. The summed E-state index contributed by atoms with van der Waals surface area (Å²) in [4.78, 5) is 12.3. The molecule has 0 atom stereocenters. The molecular weight excluding hydrogens is 352 g/mol. The van der Waals surface area contributed by atoms with Gasteiger partial charge in [0.05, 0.1) is 0 Å². The molecule has 0 saturated carbocycles. The van der Waals surface area contributed by atoms with Crippen LogP contribution in [0.5, 0.6) is 0 Å². The smallest absolute Gasteiger partial charge is 0.323 e. The Morgan fingerprint density at radius 3 is 2.07 bits per heavy atom. The number of hydrogen-bond acceptors (Lipinski definition) is 4. The Bertz CT molecular complexity index is 1110. The Balaban J connectivity index is 1.49. The highest BCUT2D eigenvalue weighted by atomic mass is 16.4. The van der Waals surface area contributed by atoms with Crippen LogP contribution >= 0.6 is 0 Å². The third-order valence-corrected chi connectivity index (χ3v) is 4.09. The number of hydrogen-bond donors (Lipinski definition) is 2. The summed E-state index contributed by atoms with van der Waals surface area (Å²) in [6.45, 7) is 1.97. The van der Waals surface area contributed by atoms with Crippen molar-refractivity contribution in [1.82, 2.24) is 10.2 Å². The maximum Gasteiger partial charge on any atom is 0.323 e. The molecule has 0 radical (unpaired) electrons. The van der Waals surface area contributed by atoms with E-state index in [0.717, 1.165) is 22.4 Å². The minimum Gasteiger partial charge on any atom is -0.416 e. The number of rotatable bonds is 4. The number of aryl methyl sites for hydroxylation is 1. The molecule has 1 aromatic heterocycles. The van der Waals surface area contributed by atoms with Gasteiger partial charge in [-0.2, -0.15) is 0 Å². The van der Waals surface area contributed by atoms with Gasteiger partial charge in [-0.3, -0.25) is 0 Å². The van der Waals surface area contributed by atoms with E-state index < -0.39 is 0 Å². The van der Waals surface area contributed by atoms with Gasteiger partial charge < -0.3 is 15.1 Å². The van der Waals surface area contributed by atoms with Crippen molar-refractivity contribution in [2.75, 3.05) is 10.6 Å². The second-order valence-electron chi connectivity index (χ2n) is 6.31. The molecule has 6 nitrogen and oxygen atoms in total. The van der Waals surface area contributed by atoms with Gasteiger partial charge in [0.15, 0.2) is 0 Å². The second-order valence-corrected chi connectivity index (χ2v) is 6.31. The Morgan fingerprint density at radius 1 is 0.750 bits per heavy atom. The number of benzene rings is 3. The van der Waals surface area contributed by atoms with Crippen molar-refractivity contribution in [3.05, 3.63) is 84.4 Å². The molecule has 4 aromatic rings. The van der Waals surface area contributed by atoms with Crippen LogP contribution in [0.15, 0.2) is 83.3 Å². The van der Waals surface area contributed by atoms with E-state index in [1.807, 2.05) is 73.7 Å². The van der Waals surface area contributed by atoms with Gasteiger partial charge in [-0.05, 0) is 55.0 Å². The summed E-state index contributed by atoms with van der Waals surface area (Å²) in [6, 6.07) is 24.1. The zero-order valence-corrected chi connectivity index (χ0v) is 15.2. The van der Waals surface area contributed by atoms with Crippen LogP contribution < -0.4 is 10.6 Å². The number of amides is 2. The van der Waals surface area contributed by atoms with Gasteiger partial charge in [0.2, 0.25) is 11.8 Å². The van der Waals surface area contributed by atoms with E-state index in [2.05, 4.69) is 20.8 Å². The number of carbonyl (C=O) groups excluding carboxylic acids is 1. The summed E-state index contributed by atoms with van der Waals surface area (Å²) in [7, 11) is 0. The fraction of sp³-hybridized carbons (Fsp3) is 0.0455. The predicted molar refractivity (Wildman–Crippen MR) is 109 cm³/mol. The predicted octanol–water partition coefficient (Wildman–Crippen LogP) is 5.36. The molecule has 0 unspecified atom stereocenters. The van der Waals surface area contributed by atoms with Crippen molar-refractivity contribution in [3.8, 4) is 22.9 Å². The molecule has 0 aliphatic carbocycles. The van der Waals surface area contributed by atoms with Crippen molar-refractivity contribution in [2.24, 2.45) is 0 Å². The lowest BCUT2D eigenvalue weighted by Gasteiger charge is -2.08. The van der Waals surface area contributed by atoms with Gasteiger partial charge in [-0.1, -0.05) is 36.4 Å². The molecular formula is C22H18N4O2. The highest BCUT2D eigenvalue weighted by Crippen LogP contribution is 2.25. The van der Waals surface area contributed by atoms with Crippen molar-refractivity contribution in [2.45, 2.75) is 6.92 Å². The van der Waals surface area contributed by atoms with Crippen LogP contribution in [-0.4, -0.2) is 16.2 Å². The Kier molecular flexibility index (Phi) is 4.84. The molecule has 0 aliphatic rings. The minimum absolute atomic E-state index is 0.321. The average molecular weight is 370 g/mol. The van der Waals surface area contributed by atoms with Gasteiger partial charge in [0.25, 0.3) is 0 Å². The monoisotopic (exact) mass is 370 g/mol. The standard InChI is InChI=1S/C22H18N4O2/c1-15-7-5-11-18(13-15)23-22(27)24-19-12-6-10-17(14-19)21-26-25-20(28-21)16-8-3-2-4-9-16/h2-14H,1H3,(H2,23,24,27). The molecule has 0 saturated heterocycles. The van der Waals surface area contributed by atoms with Crippen LogP contribution in [0.2, 0.25) is 0 Å². The summed E-state index contributed by atoms with van der Waals surface area (Å²) in [5, 5.41) is 13.8. The van der Waals surface area contributed by atoms with Gasteiger partial charge in [-0.25, -0.2) is 4.79 Å². The van der Waals surface area contributed by atoms with E-state index in [9.17, 15) is 4.79 Å². The average Bonchev–Trinajstić information content (AvgIpc) is 3.19. The first-order valence-electron chi connectivity index (χ1n) is 8.81. The molecule has 6 heteroatoms. The van der Waals surface area contributed by atoms with Crippen LogP contribution in [0, 0.1) is 6.92 Å². The molecule has 28 heavy (non-hydrogen) atoms. The van der Waals surface area contributed by atoms with E-state index >= 15 is 0 Å². The number of aromatic nitrogens is 2. The van der Waals surface area contributed by atoms with Gasteiger partial charge in [-0.15, -0.1) is 10.2 Å². The Morgan fingerprint density at radius 2 is 1.36 bits per heavy atom. The summed E-state index contributed by atoms with van der Waals surface area (Å²) in [6.07, 6.45) is 0. The number of anilines is 2. The molecule has 4 rings (SSSR count). The van der Waals surface area contributed by atoms with E-state index in [0.29, 0.717) is 17.5 Å². The van der Waals surface area contributed by atoms with Crippen LogP contribution in [-0.2, 0) is 0 Å². The Labute approximate surface area is 162 Å². The molecule has 138 valence electrons. The zero-order chi connectivity index (χ0) is 19.3. The fourth-order valence-corrected chi connectivity index (χ4v) is 2.78. The highest BCUT2D eigenvalue weighted by molar-refractivity contribution is 6.00. The van der Waals surface area contributed by atoms with Gasteiger partial charge >= 0.3 is 6.03 Å². The van der Waals surface area contributed by atoms with Crippen molar-refractivity contribution in [3.63, 3.8) is 0 Å². The SMILES string of the molecule is Cc1cccc(NC(=O)Nc2cccc(-c3nnc(-c4ccccc4)o3)c2)c1. The van der Waals surface area contributed by atoms with Crippen molar-refractivity contribution >= 4 is 17.4 Å². The molecule has 0 spiro atoms. The normalized spacial score (nSPS) is 10.5. The quantitative estimate of drug-likeness (QED) is 0.507. The number of nitrogens with zero attached hydrogens (tertiary/aromatic N) is 2. The lowest BCUT2D eigenvalue weighted by atomic mass is 10.2. The van der Waals surface area contributed by atoms with E-state index in [1.165, 1.54) is 0 Å². The maximum atomic E-state index is 12.3. The summed E-state index contributed by atoms with van der Waals surface area (Å²) >= 11 is 0. The molecule has 3 aromatic carbocycles. The lowest BCUT2D eigenvalue weighted by Crippen LogP contribution is -2.19. The first-order valence-corrected chi connectivity index (χ1v) is 8.81. The highest BCUT2D eigenvalue weighted by Gasteiger charge is 2.11. The summed E-state index contributed by atoms with van der Waals surface area (Å²) in [5.74, 6) is 0.841. The molecule has 0 fully saturated rings. The first-order chi connectivity index (χ1) is 13.7. The van der Waals surface area contributed by atoms with Crippen LogP contribution in [0.1, 0.15) is 5.56 Å². The second kappa shape index (κ2) is 7.75. The summed E-state index contributed by atoms with van der Waals surface area (Å²) < 4.78 is 5.77. The van der Waals surface area contributed by atoms with Crippen LogP contribution in [0.25, 0.3) is 22.9 Å². The lowest BCUT2D eigenvalue weighted by molar-refractivity contribution is 0.262. The summed E-state index contributed by atoms with van der Waals surface area (Å²) in [5.41, 5.74) is 4.02. The molecule has 2 N–H and O–H groups in total. The number of nitrogens with one attached hydrogen (secondary N) is 2. The van der Waals surface area contributed by atoms with E-state index in [4.69, 9.17) is 4.42 Å². The first kappa shape index (κ1) is 17.5. The van der Waals surface area contributed by atoms with Gasteiger partial charge in [0.1, 0.15) is 0 Å². The third-order valence-electron chi connectivity index (χ3n) is 4.09. The van der Waals surface area contributed by atoms with Crippen LogP contribution in [0.4, 0.5) is 16.2 Å². The number of urea groups is 1. The third kappa shape index (κ3) is 4.07. The van der Waals surface area contributed by atoms with E-state index in [-0.39, 0.29) is 6.03 Å². The minimum atomic E-state index is -0.321. The maximum absolute atomic E-state index is 12.3. The Hall–Kier alpha value is -3.93. The van der Waals surface area contributed by atoms with Crippen molar-refractivity contribution in [1.29, 1.82) is 0 Å². The van der Waals surface area contributed by atoms with Crippen molar-refractivity contribution < 1.29 is 9.21 Å². The largest absolute Gasteiger partial charge is 0.416 e. The number of carbonyl (C=O) groups is 1.